The minimum absolute atomic E-state index is 0.132. The summed E-state index contributed by atoms with van der Waals surface area (Å²) in [5.41, 5.74) is 0.0794. The number of benzene rings is 2. The fraction of sp³-hybridized carbons (Fsp3) is 0.188. The van der Waals surface area contributed by atoms with Crippen LogP contribution in [0.4, 0.5) is 20.2 Å². The smallest absolute Gasteiger partial charge is 0.273 e. The molecule has 6 nitrogen and oxygen atoms in total. The molecule has 2 aromatic carbocycles. The lowest BCUT2D eigenvalue weighted by Gasteiger charge is -2.14. The van der Waals surface area contributed by atoms with E-state index < -0.39 is 27.7 Å². The van der Waals surface area contributed by atoms with Gasteiger partial charge in [-0.25, -0.2) is 8.78 Å². The van der Waals surface area contributed by atoms with Crippen LogP contribution in [0, 0.1) is 21.7 Å². The van der Waals surface area contributed by atoms with Crippen LogP contribution in [0.2, 0.25) is 0 Å². The van der Waals surface area contributed by atoms with Crippen molar-refractivity contribution in [2.45, 2.75) is 17.1 Å². The van der Waals surface area contributed by atoms with Gasteiger partial charge < -0.3 is 10.1 Å². The van der Waals surface area contributed by atoms with Gasteiger partial charge >= 0.3 is 0 Å². The number of thioether (sulfide) groups is 1. The number of methoxy groups -OCH3 is 1. The summed E-state index contributed by atoms with van der Waals surface area (Å²) in [5.74, 6) is -1.78. The Bertz CT molecular complexity index is 817. The van der Waals surface area contributed by atoms with E-state index in [1.807, 2.05) is 0 Å². The summed E-state index contributed by atoms with van der Waals surface area (Å²) >= 11 is 0.925. The van der Waals surface area contributed by atoms with Gasteiger partial charge in [-0.05, 0) is 25.1 Å². The van der Waals surface area contributed by atoms with Crippen molar-refractivity contribution in [1.29, 1.82) is 0 Å². The van der Waals surface area contributed by atoms with E-state index in [0.29, 0.717) is 0 Å². The number of nitrogens with zero attached hydrogens (tertiary/aromatic N) is 1. The van der Waals surface area contributed by atoms with Gasteiger partial charge in [0, 0.05) is 17.0 Å². The summed E-state index contributed by atoms with van der Waals surface area (Å²) in [4.78, 5) is 22.6. The first-order valence-corrected chi connectivity index (χ1v) is 7.94. The number of carbonyl (C=O) groups is 1. The van der Waals surface area contributed by atoms with Gasteiger partial charge in [-0.15, -0.1) is 11.8 Å². The van der Waals surface area contributed by atoms with Gasteiger partial charge in [-0.3, -0.25) is 14.9 Å². The lowest BCUT2D eigenvalue weighted by Crippen LogP contribution is -2.22. The maximum absolute atomic E-state index is 13.7. The van der Waals surface area contributed by atoms with Crippen LogP contribution in [0.25, 0.3) is 0 Å². The molecule has 0 aliphatic heterocycles. The number of carbonyl (C=O) groups excluding carboxylic acids is 1. The first-order valence-electron chi connectivity index (χ1n) is 7.07. The number of non-ortho nitro benzene ring substituents is 1. The number of nitrogens with one attached hydrogen (secondary N) is 1. The molecule has 0 fully saturated rings. The normalized spacial score (nSPS) is 11.7. The lowest BCUT2D eigenvalue weighted by atomic mass is 10.2. The molecule has 1 amide bonds. The molecule has 25 heavy (non-hydrogen) atoms. The van der Waals surface area contributed by atoms with Crippen LogP contribution >= 0.6 is 11.8 Å². The Morgan fingerprint density at radius 1 is 1.28 bits per heavy atom. The molecule has 0 unspecified atom stereocenters. The Morgan fingerprint density at radius 3 is 2.60 bits per heavy atom. The molecule has 132 valence electrons. The third-order valence-corrected chi connectivity index (χ3v) is 4.37. The summed E-state index contributed by atoms with van der Waals surface area (Å²) in [6.07, 6.45) is 0. The first kappa shape index (κ1) is 18.7. The average molecular weight is 368 g/mol. The second-order valence-electron chi connectivity index (χ2n) is 4.97. The molecular weight excluding hydrogens is 354 g/mol. The van der Waals surface area contributed by atoms with Crippen LogP contribution in [0.15, 0.2) is 41.3 Å². The fourth-order valence-electron chi connectivity index (χ4n) is 1.95. The molecular formula is C16H14F2N2O4S. The second-order valence-corrected chi connectivity index (χ2v) is 6.35. The van der Waals surface area contributed by atoms with Gasteiger partial charge in [-0.2, -0.15) is 0 Å². The summed E-state index contributed by atoms with van der Waals surface area (Å²) in [7, 11) is 1.32. The number of ether oxygens (including phenoxy) is 1. The predicted octanol–water partition coefficient (Wildman–Crippen LogP) is 4.00. The Labute approximate surface area is 146 Å². The molecule has 0 radical (unpaired) electrons. The summed E-state index contributed by atoms with van der Waals surface area (Å²) < 4.78 is 31.6. The summed E-state index contributed by atoms with van der Waals surface area (Å²) in [6.45, 7) is 1.56. The Balaban J connectivity index is 2.11. The largest absolute Gasteiger partial charge is 0.494 e. The predicted molar refractivity (Wildman–Crippen MR) is 90.0 cm³/mol. The summed E-state index contributed by atoms with van der Waals surface area (Å²) in [6, 6.07) is 6.88. The molecule has 0 saturated carbocycles. The van der Waals surface area contributed by atoms with Crippen LogP contribution in [-0.4, -0.2) is 23.2 Å². The standard InChI is InChI=1S/C16H14F2N2O4S/c1-9(25-15-6-3-10(17)7-12(15)18)16(21)19-13-5-4-11(20(22)23)8-14(13)24-2/h3-9H,1-2H3,(H,19,21)/t9-/m1/s1. The topological polar surface area (TPSA) is 81.5 Å². The van der Waals surface area contributed by atoms with Crippen molar-refractivity contribution in [3.05, 3.63) is 58.1 Å². The van der Waals surface area contributed by atoms with Gasteiger partial charge in [0.25, 0.3) is 5.69 Å². The maximum atomic E-state index is 13.7. The number of anilines is 1. The van der Waals surface area contributed by atoms with Crippen molar-refractivity contribution < 1.29 is 23.2 Å². The van der Waals surface area contributed by atoms with Crippen molar-refractivity contribution in [3.63, 3.8) is 0 Å². The molecule has 2 rings (SSSR count). The SMILES string of the molecule is COc1cc([N+](=O)[O-])ccc1NC(=O)[C@@H](C)Sc1ccc(F)cc1F. The van der Waals surface area contributed by atoms with Crippen LogP contribution in [0.3, 0.4) is 0 Å². The highest BCUT2D eigenvalue weighted by Gasteiger charge is 2.19. The van der Waals surface area contributed by atoms with E-state index in [2.05, 4.69) is 5.32 Å². The van der Waals surface area contributed by atoms with Crippen LogP contribution in [-0.2, 0) is 4.79 Å². The molecule has 0 spiro atoms. The minimum atomic E-state index is -0.752. The molecule has 0 aliphatic carbocycles. The van der Waals surface area contributed by atoms with Crippen LogP contribution in [0.1, 0.15) is 6.92 Å². The van der Waals surface area contributed by atoms with E-state index in [4.69, 9.17) is 4.74 Å². The number of nitro benzene ring substituents is 1. The van der Waals surface area contributed by atoms with Crippen molar-refractivity contribution >= 4 is 29.0 Å². The monoisotopic (exact) mass is 368 g/mol. The van der Waals surface area contributed by atoms with Crippen molar-refractivity contribution in [1.82, 2.24) is 0 Å². The second kappa shape index (κ2) is 7.93. The highest BCUT2D eigenvalue weighted by atomic mass is 32.2. The van der Waals surface area contributed by atoms with Crippen molar-refractivity contribution in [3.8, 4) is 5.75 Å². The van der Waals surface area contributed by atoms with Crippen LogP contribution < -0.4 is 10.1 Å². The van der Waals surface area contributed by atoms with Gasteiger partial charge in [0.2, 0.25) is 5.91 Å². The van der Waals surface area contributed by atoms with Crippen molar-refractivity contribution in [2.75, 3.05) is 12.4 Å². The zero-order chi connectivity index (χ0) is 18.6. The number of halogens is 2. The van der Waals surface area contributed by atoms with Gasteiger partial charge in [0.15, 0.2) is 0 Å². The highest BCUT2D eigenvalue weighted by molar-refractivity contribution is 8.00. The number of rotatable bonds is 6. The highest BCUT2D eigenvalue weighted by Crippen LogP contribution is 2.31. The van der Waals surface area contributed by atoms with Gasteiger partial charge in [0.1, 0.15) is 17.4 Å². The molecule has 0 aromatic heterocycles. The van der Waals surface area contributed by atoms with Gasteiger partial charge in [0.05, 0.1) is 29.0 Å². The Hall–Kier alpha value is -2.68. The quantitative estimate of drug-likeness (QED) is 0.473. The van der Waals surface area contributed by atoms with E-state index in [-0.39, 0.29) is 22.0 Å². The van der Waals surface area contributed by atoms with E-state index in [9.17, 15) is 23.7 Å². The molecule has 0 aliphatic rings. The molecule has 0 heterocycles. The van der Waals surface area contributed by atoms with E-state index in [0.717, 1.165) is 23.9 Å². The molecule has 0 bridgehead atoms. The number of amides is 1. The average Bonchev–Trinajstić information content (AvgIpc) is 2.57. The zero-order valence-electron chi connectivity index (χ0n) is 13.3. The number of hydrogen-bond donors (Lipinski definition) is 1. The third kappa shape index (κ3) is 4.66. The Kier molecular flexibility index (Phi) is 5.92. The maximum Gasteiger partial charge on any atom is 0.273 e. The van der Waals surface area contributed by atoms with E-state index in [1.54, 1.807) is 6.92 Å². The lowest BCUT2D eigenvalue weighted by molar-refractivity contribution is -0.384. The number of nitro groups is 1. The first-order chi connectivity index (χ1) is 11.8. The zero-order valence-corrected chi connectivity index (χ0v) is 14.1. The fourth-order valence-corrected chi connectivity index (χ4v) is 2.81. The minimum Gasteiger partial charge on any atom is -0.494 e. The van der Waals surface area contributed by atoms with E-state index in [1.165, 1.54) is 31.4 Å². The third-order valence-electron chi connectivity index (χ3n) is 3.22. The molecule has 9 heteroatoms. The molecule has 1 N–H and O–H groups in total. The molecule has 0 saturated heterocycles. The molecule has 2 aromatic rings. The van der Waals surface area contributed by atoms with Crippen LogP contribution in [0.5, 0.6) is 5.75 Å². The van der Waals surface area contributed by atoms with Gasteiger partial charge in [-0.1, -0.05) is 0 Å². The molecule has 1 atom stereocenters. The van der Waals surface area contributed by atoms with Crippen molar-refractivity contribution in [2.24, 2.45) is 0 Å². The summed E-state index contributed by atoms with van der Waals surface area (Å²) in [5, 5.41) is 12.6. The van der Waals surface area contributed by atoms with E-state index >= 15 is 0 Å². The number of hydrogen-bond acceptors (Lipinski definition) is 5. The Morgan fingerprint density at radius 2 is 2.00 bits per heavy atom.